The molecule has 2 aromatic carbocycles. The van der Waals surface area contributed by atoms with Crippen LogP contribution in [0.25, 0.3) is 39.2 Å². The van der Waals surface area contributed by atoms with Gasteiger partial charge in [-0.2, -0.15) is 0 Å². The van der Waals surface area contributed by atoms with Crippen LogP contribution in [0.1, 0.15) is 58.2 Å². The molecule has 192 valence electrons. The molecular weight excluding hydrogens is 472 g/mol. The first-order valence-electron chi connectivity index (χ1n) is 12.2. The minimum atomic E-state index is -0.627. The number of benzene rings is 2. The van der Waals surface area contributed by atoms with Gasteiger partial charge in [0, 0.05) is 16.5 Å². The lowest BCUT2D eigenvalue weighted by molar-refractivity contribution is 0.153. The predicted molar refractivity (Wildman–Crippen MR) is 145 cm³/mol. The maximum absolute atomic E-state index is 13.9. The molecule has 5 rings (SSSR count). The number of phenolic OH excluding ortho intramolecular Hbond substituents is 3. The van der Waals surface area contributed by atoms with E-state index >= 15 is 0 Å². The fourth-order valence-corrected chi connectivity index (χ4v) is 4.68. The Morgan fingerprint density at radius 2 is 1.51 bits per heavy atom. The largest absolute Gasteiger partial charge is 0.507 e. The Balaban J connectivity index is 1.91. The van der Waals surface area contributed by atoms with Crippen molar-refractivity contribution in [2.24, 2.45) is 0 Å². The molecule has 7 nitrogen and oxygen atoms in total. The molecule has 0 saturated carbocycles. The highest BCUT2D eigenvalue weighted by molar-refractivity contribution is 6.11. The Kier molecular flexibility index (Phi) is 5.62. The molecule has 37 heavy (non-hydrogen) atoms. The van der Waals surface area contributed by atoms with E-state index in [1.54, 1.807) is 6.08 Å². The SMILES string of the molecule is CC(C)=CCc1c(O)c(CC=C(C)C)c2oc3oc4c5c(c(O)cc4c3c(=O)c2c1O)OC(C)(C)C=C5. The first-order valence-corrected chi connectivity index (χ1v) is 12.2. The van der Waals surface area contributed by atoms with Crippen LogP contribution in [0.3, 0.4) is 0 Å². The first-order chi connectivity index (χ1) is 17.4. The summed E-state index contributed by atoms with van der Waals surface area (Å²) in [5.41, 5.74) is 2.42. The van der Waals surface area contributed by atoms with Crippen LogP contribution in [0.15, 0.2) is 49.1 Å². The monoisotopic (exact) mass is 502 g/mol. The minimum absolute atomic E-state index is 0.0348. The van der Waals surface area contributed by atoms with Gasteiger partial charge in [-0.1, -0.05) is 23.3 Å². The van der Waals surface area contributed by atoms with Crippen molar-refractivity contribution in [2.75, 3.05) is 0 Å². The molecule has 0 fully saturated rings. The number of allylic oxidation sites excluding steroid dienone is 4. The number of fused-ring (bicyclic) bond motifs is 6. The van der Waals surface area contributed by atoms with Crippen LogP contribution in [-0.4, -0.2) is 20.9 Å². The number of phenols is 3. The second-order valence-electron chi connectivity index (χ2n) is 10.6. The van der Waals surface area contributed by atoms with Crippen molar-refractivity contribution in [3.05, 3.63) is 62.4 Å². The molecule has 1 aliphatic rings. The lowest BCUT2D eigenvalue weighted by Gasteiger charge is -2.28. The Labute approximate surface area is 213 Å². The van der Waals surface area contributed by atoms with Gasteiger partial charge in [0.25, 0.3) is 0 Å². The van der Waals surface area contributed by atoms with Crippen LogP contribution in [0.4, 0.5) is 0 Å². The van der Waals surface area contributed by atoms with Crippen LogP contribution < -0.4 is 10.2 Å². The Bertz CT molecular complexity index is 1750. The Morgan fingerprint density at radius 3 is 2.16 bits per heavy atom. The molecule has 0 bridgehead atoms. The molecule has 0 aliphatic carbocycles. The average molecular weight is 503 g/mol. The van der Waals surface area contributed by atoms with E-state index in [0.717, 1.165) is 11.1 Å². The molecule has 0 amide bonds. The van der Waals surface area contributed by atoms with E-state index in [-0.39, 0.29) is 57.1 Å². The predicted octanol–water partition coefficient (Wildman–Crippen LogP) is 7.01. The van der Waals surface area contributed by atoms with E-state index in [1.165, 1.54) is 6.07 Å². The molecule has 4 aromatic rings. The summed E-state index contributed by atoms with van der Waals surface area (Å²) < 4.78 is 18.1. The molecule has 0 radical (unpaired) electrons. The average Bonchev–Trinajstić information content (AvgIpc) is 3.16. The Morgan fingerprint density at radius 1 is 0.892 bits per heavy atom. The van der Waals surface area contributed by atoms with Gasteiger partial charge in [0.2, 0.25) is 5.43 Å². The van der Waals surface area contributed by atoms with Gasteiger partial charge in [0.05, 0.1) is 5.56 Å². The third-order valence-electron chi connectivity index (χ3n) is 6.61. The van der Waals surface area contributed by atoms with Crippen molar-refractivity contribution in [1.29, 1.82) is 0 Å². The highest BCUT2D eigenvalue weighted by atomic mass is 16.5. The van der Waals surface area contributed by atoms with Gasteiger partial charge >= 0.3 is 5.78 Å². The number of hydrogen-bond acceptors (Lipinski definition) is 7. The van der Waals surface area contributed by atoms with Gasteiger partial charge in [0.15, 0.2) is 22.7 Å². The van der Waals surface area contributed by atoms with E-state index in [4.69, 9.17) is 13.6 Å². The Hall–Kier alpha value is -4.13. The van der Waals surface area contributed by atoms with Crippen molar-refractivity contribution in [3.8, 4) is 23.0 Å². The molecule has 0 spiro atoms. The van der Waals surface area contributed by atoms with Gasteiger partial charge < -0.3 is 28.9 Å². The number of aromatic hydroxyl groups is 3. The van der Waals surface area contributed by atoms with E-state index in [0.29, 0.717) is 28.5 Å². The van der Waals surface area contributed by atoms with Crippen molar-refractivity contribution in [2.45, 2.75) is 60.0 Å². The summed E-state index contributed by atoms with van der Waals surface area (Å²) in [6, 6.07) is 1.42. The molecule has 0 unspecified atom stereocenters. The maximum Gasteiger partial charge on any atom is 0.302 e. The van der Waals surface area contributed by atoms with E-state index < -0.39 is 11.0 Å². The van der Waals surface area contributed by atoms with E-state index in [2.05, 4.69) is 0 Å². The highest BCUT2D eigenvalue weighted by Crippen LogP contribution is 2.47. The highest BCUT2D eigenvalue weighted by Gasteiger charge is 2.30. The minimum Gasteiger partial charge on any atom is -0.507 e. The molecule has 7 heteroatoms. The second kappa shape index (κ2) is 8.47. The van der Waals surface area contributed by atoms with Crippen molar-refractivity contribution < 1.29 is 28.9 Å². The number of ether oxygens (including phenoxy) is 1. The zero-order chi connectivity index (χ0) is 26.8. The van der Waals surface area contributed by atoms with Crippen molar-refractivity contribution >= 4 is 39.2 Å². The molecule has 0 atom stereocenters. The van der Waals surface area contributed by atoms with Gasteiger partial charge in [-0.05, 0) is 72.6 Å². The summed E-state index contributed by atoms with van der Waals surface area (Å²) >= 11 is 0. The maximum atomic E-state index is 13.9. The van der Waals surface area contributed by atoms with Crippen LogP contribution in [0.2, 0.25) is 0 Å². The smallest absolute Gasteiger partial charge is 0.302 e. The summed E-state index contributed by atoms with van der Waals surface area (Å²) in [6.45, 7) is 11.4. The summed E-state index contributed by atoms with van der Waals surface area (Å²) in [6.07, 6.45) is 7.95. The normalized spacial score (nSPS) is 14.1. The van der Waals surface area contributed by atoms with E-state index in [1.807, 2.05) is 59.8 Å². The van der Waals surface area contributed by atoms with Gasteiger partial charge in [-0.25, -0.2) is 0 Å². The number of furan rings is 1. The molecule has 1 aliphatic heterocycles. The number of rotatable bonds is 4. The number of hydrogen-bond donors (Lipinski definition) is 3. The fraction of sp³-hybridized carbons (Fsp3) is 0.300. The summed E-state index contributed by atoms with van der Waals surface area (Å²) in [4.78, 5) is 13.9. The van der Waals surface area contributed by atoms with Crippen LogP contribution >= 0.6 is 0 Å². The standard InChI is InChI=1S/C30H30O7/c1-14(2)7-9-16-23(32)17(10-8-15(3)4)28-22(24(16)33)25(34)21-19-13-20(31)27-18(11-12-30(5,6)37-27)26(19)35-29(21)36-28/h7-8,11-13,31-33H,9-10H2,1-6H3. The van der Waals surface area contributed by atoms with Crippen LogP contribution in [0, 0.1) is 0 Å². The lowest BCUT2D eigenvalue weighted by Crippen LogP contribution is -2.27. The van der Waals surface area contributed by atoms with Gasteiger partial charge in [-0.15, -0.1) is 0 Å². The van der Waals surface area contributed by atoms with Crippen LogP contribution in [0.5, 0.6) is 23.0 Å². The quantitative estimate of drug-likeness (QED) is 0.257. The zero-order valence-corrected chi connectivity index (χ0v) is 21.8. The third-order valence-corrected chi connectivity index (χ3v) is 6.61. The van der Waals surface area contributed by atoms with Crippen LogP contribution in [-0.2, 0) is 12.8 Å². The zero-order valence-electron chi connectivity index (χ0n) is 21.8. The van der Waals surface area contributed by atoms with E-state index in [9.17, 15) is 20.1 Å². The molecule has 2 aromatic heterocycles. The molecule has 3 N–H and O–H groups in total. The fourth-order valence-electron chi connectivity index (χ4n) is 4.68. The topological polar surface area (TPSA) is 113 Å². The molecule has 3 heterocycles. The van der Waals surface area contributed by atoms with Gasteiger partial charge in [-0.3, -0.25) is 4.79 Å². The van der Waals surface area contributed by atoms with Crippen molar-refractivity contribution in [1.82, 2.24) is 0 Å². The van der Waals surface area contributed by atoms with Gasteiger partial charge in [0.1, 0.15) is 27.9 Å². The first kappa shape index (κ1) is 24.6. The molecular formula is C30H30O7. The lowest BCUT2D eigenvalue weighted by atomic mass is 9.96. The van der Waals surface area contributed by atoms with Crippen molar-refractivity contribution in [3.63, 3.8) is 0 Å². The summed E-state index contributed by atoms with van der Waals surface area (Å²) in [7, 11) is 0. The summed E-state index contributed by atoms with van der Waals surface area (Å²) in [5, 5.41) is 33.6. The second-order valence-corrected chi connectivity index (χ2v) is 10.6. The summed E-state index contributed by atoms with van der Waals surface area (Å²) in [5.74, 6) is -0.390. The molecule has 0 saturated heterocycles. The third kappa shape index (κ3) is 3.95.